The SMILES string of the molecule is CCCCCC1CCC(c2ccc(C3CCC(C(F)(F)Oc4ccc(-c5cc(F)c(C#N)c(F)c5)c(F)c4)CC3)c(F)c2)CC1. The van der Waals surface area contributed by atoms with Gasteiger partial charge in [-0.3, -0.25) is 0 Å². The second-order valence-electron chi connectivity index (χ2n) is 12.8. The van der Waals surface area contributed by atoms with Crippen LogP contribution in [-0.2, 0) is 0 Å². The number of benzene rings is 3. The molecule has 0 N–H and O–H groups in total. The van der Waals surface area contributed by atoms with Crippen molar-refractivity contribution >= 4 is 0 Å². The Hall–Kier alpha value is -3.47. The summed E-state index contributed by atoms with van der Waals surface area (Å²) < 4.78 is 93.4. The molecule has 0 atom stereocenters. The summed E-state index contributed by atoms with van der Waals surface area (Å²) in [5.41, 5.74) is 0.409. The first-order valence-electron chi connectivity index (χ1n) is 16.1. The smallest absolute Gasteiger partial charge is 0.400 e. The fourth-order valence-corrected chi connectivity index (χ4v) is 7.21. The highest BCUT2D eigenvalue weighted by molar-refractivity contribution is 5.66. The highest BCUT2D eigenvalue weighted by atomic mass is 19.3. The molecule has 3 aromatic carbocycles. The summed E-state index contributed by atoms with van der Waals surface area (Å²) in [6.07, 6.45) is 7.01. The molecule has 0 aromatic heterocycles. The van der Waals surface area contributed by atoms with Gasteiger partial charge in [-0.05, 0) is 116 Å². The van der Waals surface area contributed by atoms with E-state index >= 15 is 13.2 Å². The van der Waals surface area contributed by atoms with Crippen LogP contribution < -0.4 is 4.74 Å². The highest BCUT2D eigenvalue weighted by Gasteiger charge is 2.44. The number of alkyl halides is 2. The van der Waals surface area contributed by atoms with Crippen molar-refractivity contribution in [2.75, 3.05) is 0 Å². The Morgan fingerprint density at radius 2 is 1.42 bits per heavy atom. The molecule has 240 valence electrons. The number of ether oxygens (including phenoxy) is 1. The van der Waals surface area contributed by atoms with Crippen molar-refractivity contribution in [3.05, 3.63) is 88.5 Å². The van der Waals surface area contributed by atoms with E-state index in [0.29, 0.717) is 24.3 Å². The second-order valence-corrected chi connectivity index (χ2v) is 12.8. The van der Waals surface area contributed by atoms with Crippen molar-refractivity contribution in [3.8, 4) is 22.9 Å². The third-order valence-electron chi connectivity index (χ3n) is 9.86. The second kappa shape index (κ2) is 14.3. The molecule has 0 spiro atoms. The van der Waals surface area contributed by atoms with Gasteiger partial charge in [0.2, 0.25) is 0 Å². The van der Waals surface area contributed by atoms with Crippen LogP contribution in [0.4, 0.5) is 26.3 Å². The van der Waals surface area contributed by atoms with E-state index in [1.807, 2.05) is 12.1 Å². The van der Waals surface area contributed by atoms with Crippen molar-refractivity contribution < 1.29 is 31.1 Å². The van der Waals surface area contributed by atoms with Crippen LogP contribution in [0.2, 0.25) is 0 Å². The number of hydrogen-bond donors (Lipinski definition) is 0. The third kappa shape index (κ3) is 7.68. The van der Waals surface area contributed by atoms with Gasteiger partial charge in [-0.2, -0.15) is 14.0 Å². The van der Waals surface area contributed by atoms with E-state index in [2.05, 4.69) is 6.92 Å². The zero-order valence-corrected chi connectivity index (χ0v) is 25.5. The Labute approximate surface area is 261 Å². The topological polar surface area (TPSA) is 33.0 Å². The maximum atomic E-state index is 15.3. The molecule has 0 bridgehead atoms. The lowest BCUT2D eigenvalue weighted by atomic mass is 9.75. The zero-order chi connectivity index (χ0) is 32.1. The number of nitrogens with zero attached hydrogens (tertiary/aromatic N) is 1. The molecule has 0 heterocycles. The van der Waals surface area contributed by atoms with Gasteiger partial charge in [0.15, 0.2) is 0 Å². The summed E-state index contributed by atoms with van der Waals surface area (Å²) in [7, 11) is 0. The van der Waals surface area contributed by atoms with E-state index in [4.69, 9.17) is 10.00 Å². The summed E-state index contributed by atoms with van der Waals surface area (Å²) in [4.78, 5) is 0. The van der Waals surface area contributed by atoms with Gasteiger partial charge in [-0.25, -0.2) is 17.6 Å². The van der Waals surface area contributed by atoms with Gasteiger partial charge in [-0.15, -0.1) is 0 Å². The molecule has 2 aliphatic carbocycles. The quantitative estimate of drug-likeness (QED) is 0.166. The Morgan fingerprint density at radius 3 is 2.02 bits per heavy atom. The van der Waals surface area contributed by atoms with E-state index in [9.17, 15) is 13.2 Å². The molecule has 0 aliphatic heterocycles. The van der Waals surface area contributed by atoms with E-state index < -0.39 is 40.8 Å². The monoisotopic (exact) mass is 627 g/mol. The molecule has 2 nitrogen and oxygen atoms in total. The number of hydrogen-bond acceptors (Lipinski definition) is 2. The average Bonchev–Trinajstić information content (AvgIpc) is 3.01. The van der Waals surface area contributed by atoms with Crippen molar-refractivity contribution in [2.24, 2.45) is 11.8 Å². The van der Waals surface area contributed by atoms with Crippen molar-refractivity contribution in [2.45, 2.75) is 102 Å². The van der Waals surface area contributed by atoms with Crippen LogP contribution in [0, 0.1) is 46.4 Å². The van der Waals surface area contributed by atoms with Crippen LogP contribution in [0.1, 0.15) is 112 Å². The predicted molar refractivity (Wildman–Crippen MR) is 162 cm³/mol. The molecule has 2 aliphatic rings. The van der Waals surface area contributed by atoms with E-state index in [1.165, 1.54) is 44.6 Å². The molecule has 0 radical (unpaired) electrons. The highest BCUT2D eigenvalue weighted by Crippen LogP contribution is 2.45. The van der Waals surface area contributed by atoms with E-state index in [-0.39, 0.29) is 35.7 Å². The van der Waals surface area contributed by atoms with Gasteiger partial charge >= 0.3 is 6.11 Å². The van der Waals surface area contributed by atoms with Gasteiger partial charge in [0.1, 0.15) is 40.7 Å². The molecule has 45 heavy (non-hydrogen) atoms. The first kappa shape index (κ1) is 32.9. The number of rotatable bonds is 10. The molecule has 2 saturated carbocycles. The lowest BCUT2D eigenvalue weighted by Crippen LogP contribution is -2.37. The summed E-state index contributed by atoms with van der Waals surface area (Å²) in [5.74, 6) is -4.14. The Morgan fingerprint density at radius 1 is 0.756 bits per heavy atom. The van der Waals surface area contributed by atoms with Crippen molar-refractivity contribution in [1.82, 2.24) is 0 Å². The minimum Gasteiger partial charge on any atom is -0.432 e. The number of halogens is 6. The predicted octanol–water partition coefficient (Wildman–Crippen LogP) is 11.6. The molecule has 0 saturated heterocycles. The van der Waals surface area contributed by atoms with Crippen LogP contribution in [0.5, 0.6) is 5.75 Å². The van der Waals surface area contributed by atoms with Crippen LogP contribution >= 0.6 is 0 Å². The van der Waals surface area contributed by atoms with Crippen molar-refractivity contribution in [3.63, 3.8) is 0 Å². The lowest BCUT2D eigenvalue weighted by molar-refractivity contribution is -0.222. The summed E-state index contributed by atoms with van der Waals surface area (Å²) in [6, 6.07) is 11.5. The average molecular weight is 628 g/mol. The fraction of sp³-hybridized carbons (Fsp3) is 0.486. The number of unbranched alkanes of at least 4 members (excludes halogenated alkanes) is 2. The summed E-state index contributed by atoms with van der Waals surface area (Å²) >= 11 is 0. The van der Waals surface area contributed by atoms with Gasteiger partial charge in [0, 0.05) is 11.6 Å². The molecule has 0 amide bonds. The lowest BCUT2D eigenvalue weighted by Gasteiger charge is -2.34. The minimum atomic E-state index is -3.59. The van der Waals surface area contributed by atoms with Gasteiger partial charge in [0.25, 0.3) is 0 Å². The molecule has 3 aromatic rings. The van der Waals surface area contributed by atoms with Crippen LogP contribution in [-0.4, -0.2) is 6.11 Å². The standard InChI is InChI=1S/C37H39F6NO/c1-2-3-4-5-23-6-8-24(9-7-23)26-12-16-30(33(38)18-26)25-10-13-28(14-11-25)37(42,43)45-29-15-17-31(36(41)21-29)27-19-34(39)32(22-44)35(40)20-27/h12,15-21,23-25,28H,2-11,13-14H2,1H3. The van der Waals surface area contributed by atoms with E-state index in [0.717, 1.165) is 54.7 Å². The largest absolute Gasteiger partial charge is 0.432 e. The van der Waals surface area contributed by atoms with Crippen LogP contribution in [0.25, 0.3) is 11.1 Å². The Bertz CT molecular complexity index is 1490. The molecule has 2 fully saturated rings. The van der Waals surface area contributed by atoms with Crippen molar-refractivity contribution in [1.29, 1.82) is 5.26 Å². The summed E-state index contributed by atoms with van der Waals surface area (Å²) in [6.45, 7) is 2.22. The minimum absolute atomic E-state index is 0.116. The van der Waals surface area contributed by atoms with Crippen LogP contribution in [0.3, 0.4) is 0 Å². The fourth-order valence-electron chi connectivity index (χ4n) is 7.21. The summed E-state index contributed by atoms with van der Waals surface area (Å²) in [5, 5.41) is 8.83. The van der Waals surface area contributed by atoms with Gasteiger partial charge in [0.05, 0.1) is 5.92 Å². The normalized spacial score (nSPS) is 22.2. The Balaban J connectivity index is 1.16. The third-order valence-corrected chi connectivity index (χ3v) is 9.86. The molecule has 0 unspecified atom stereocenters. The van der Waals surface area contributed by atoms with Gasteiger partial charge < -0.3 is 4.74 Å². The number of nitriles is 1. The first-order chi connectivity index (χ1) is 21.6. The van der Waals surface area contributed by atoms with Gasteiger partial charge in [-0.1, -0.05) is 44.7 Å². The maximum absolute atomic E-state index is 15.3. The zero-order valence-electron chi connectivity index (χ0n) is 25.5. The maximum Gasteiger partial charge on any atom is 0.400 e. The van der Waals surface area contributed by atoms with E-state index in [1.54, 1.807) is 6.07 Å². The molecular weight excluding hydrogens is 588 g/mol. The molecule has 8 heteroatoms. The molecular formula is C37H39F6NO. The molecule has 5 rings (SSSR count). The van der Waals surface area contributed by atoms with Crippen LogP contribution in [0.15, 0.2) is 48.5 Å². The first-order valence-corrected chi connectivity index (χ1v) is 16.1. The Kier molecular flexibility index (Phi) is 10.5.